The highest BCUT2D eigenvalue weighted by molar-refractivity contribution is 8.12. The molecule has 6 heteroatoms. The number of nitrogens with zero attached hydrogens (tertiary/aromatic N) is 1. The first kappa shape index (κ1) is 17.5. The molecule has 1 aliphatic heterocycles. The summed E-state index contributed by atoms with van der Waals surface area (Å²) in [6.07, 6.45) is 0. The molecular weight excluding hydrogens is 312 g/mol. The highest BCUT2D eigenvalue weighted by Gasteiger charge is 2.46. The van der Waals surface area contributed by atoms with E-state index in [4.69, 9.17) is 10.00 Å². The molecule has 0 spiro atoms. The summed E-state index contributed by atoms with van der Waals surface area (Å²) in [5.41, 5.74) is -0.487. The molecule has 0 amide bonds. The molecule has 1 heterocycles. The van der Waals surface area contributed by atoms with Crippen molar-refractivity contribution in [3.05, 3.63) is 29.3 Å². The maximum absolute atomic E-state index is 12.7. The van der Waals surface area contributed by atoms with Crippen molar-refractivity contribution in [1.29, 1.82) is 5.26 Å². The number of rotatable bonds is 2. The third-order valence-corrected chi connectivity index (χ3v) is 4.52. The van der Waals surface area contributed by atoms with Crippen molar-refractivity contribution in [2.45, 2.75) is 51.7 Å². The van der Waals surface area contributed by atoms with Crippen LogP contribution in [0.3, 0.4) is 0 Å². The third-order valence-electron chi connectivity index (χ3n) is 3.36. The Kier molecular flexibility index (Phi) is 4.56. The molecule has 1 aromatic carbocycles. The fourth-order valence-corrected chi connectivity index (χ4v) is 3.01. The van der Waals surface area contributed by atoms with Crippen LogP contribution in [0.15, 0.2) is 18.2 Å². The number of ether oxygens (including phenoxy) is 1. The molecule has 1 aliphatic rings. The second kappa shape index (κ2) is 5.99. The normalized spacial score (nSPS) is 19.5. The van der Waals surface area contributed by atoms with Gasteiger partial charge in [0.2, 0.25) is 5.12 Å². The van der Waals surface area contributed by atoms with Crippen molar-refractivity contribution in [1.82, 2.24) is 4.72 Å². The number of carbonyl (C=O) groups excluding carboxylic acids is 2. The second-order valence-corrected chi connectivity index (χ2v) is 7.86. The zero-order valence-corrected chi connectivity index (χ0v) is 14.7. The lowest BCUT2D eigenvalue weighted by atomic mass is 9.83. The summed E-state index contributed by atoms with van der Waals surface area (Å²) in [5.74, 6) is -0.765. The second-order valence-electron chi connectivity index (χ2n) is 7.05. The lowest BCUT2D eigenvalue weighted by molar-refractivity contribution is -0.138. The van der Waals surface area contributed by atoms with Crippen LogP contribution in [-0.4, -0.2) is 22.0 Å². The van der Waals surface area contributed by atoms with E-state index in [2.05, 4.69) is 4.72 Å². The van der Waals surface area contributed by atoms with Gasteiger partial charge in [-0.15, -0.1) is 0 Å². The molecular formula is C17H20N2O3S. The first-order chi connectivity index (χ1) is 10.5. The van der Waals surface area contributed by atoms with Crippen molar-refractivity contribution in [2.75, 3.05) is 0 Å². The van der Waals surface area contributed by atoms with Crippen molar-refractivity contribution >= 4 is 22.8 Å². The van der Waals surface area contributed by atoms with Crippen molar-refractivity contribution in [3.8, 4) is 11.8 Å². The lowest BCUT2D eigenvalue weighted by Crippen LogP contribution is -2.47. The van der Waals surface area contributed by atoms with E-state index in [1.807, 2.05) is 26.8 Å². The van der Waals surface area contributed by atoms with Crippen molar-refractivity contribution in [3.63, 3.8) is 0 Å². The molecule has 1 N–H and O–H groups in total. The Labute approximate surface area is 140 Å². The van der Waals surface area contributed by atoms with Crippen LogP contribution in [0, 0.1) is 11.3 Å². The number of Topliss-reactive ketones (excluding diaryl/α,β-unsaturated/α-hetero) is 1. The Balaban J connectivity index is 2.42. The molecule has 1 atom stereocenters. The minimum atomic E-state index is -1.08. The predicted octanol–water partition coefficient (Wildman–Crippen LogP) is 2.94. The summed E-state index contributed by atoms with van der Waals surface area (Å²) < 4.78 is 8.75. The molecule has 1 aromatic rings. The number of nitrogens with one attached hydrogen (secondary N) is 1. The van der Waals surface area contributed by atoms with Crippen LogP contribution >= 0.6 is 11.9 Å². The molecule has 0 aromatic heterocycles. The smallest absolute Gasteiger partial charge is 0.218 e. The SMILES string of the molecule is CC(C)(C)NSC(=O)C1C(=O)C(C)(C)Oc2ccc(C#N)cc21. The number of hydrogen-bond acceptors (Lipinski definition) is 6. The molecule has 2 rings (SSSR count). The first-order valence-corrected chi connectivity index (χ1v) is 8.12. The van der Waals surface area contributed by atoms with Crippen LogP contribution in [0.4, 0.5) is 0 Å². The van der Waals surface area contributed by atoms with Gasteiger partial charge in [0, 0.05) is 11.1 Å². The standard InChI is InChI=1S/C17H20N2O3S/c1-16(2,3)19-23-15(21)13-11-8-10(9-18)6-7-12(11)22-17(4,5)14(13)20/h6-8,13,19H,1-5H3. The lowest BCUT2D eigenvalue weighted by Gasteiger charge is -2.35. The van der Waals surface area contributed by atoms with Gasteiger partial charge < -0.3 is 4.74 Å². The Hall–Kier alpha value is -1.84. The molecule has 0 aliphatic carbocycles. The molecule has 0 saturated carbocycles. The van der Waals surface area contributed by atoms with Crippen molar-refractivity contribution in [2.24, 2.45) is 0 Å². The van der Waals surface area contributed by atoms with Crippen LogP contribution in [-0.2, 0) is 9.59 Å². The van der Waals surface area contributed by atoms with E-state index in [1.54, 1.807) is 32.0 Å². The molecule has 0 fully saturated rings. The van der Waals surface area contributed by atoms with Crippen LogP contribution in [0.25, 0.3) is 0 Å². The summed E-state index contributed by atoms with van der Waals surface area (Å²) in [5, 5.41) is 8.77. The maximum Gasteiger partial charge on any atom is 0.218 e. The molecule has 1 unspecified atom stereocenters. The van der Waals surface area contributed by atoms with Crippen molar-refractivity contribution < 1.29 is 14.3 Å². The van der Waals surface area contributed by atoms with Gasteiger partial charge in [-0.25, -0.2) is 0 Å². The molecule has 23 heavy (non-hydrogen) atoms. The van der Waals surface area contributed by atoms with E-state index in [1.165, 1.54) is 0 Å². The fourth-order valence-electron chi connectivity index (χ4n) is 2.25. The molecule has 0 bridgehead atoms. The quantitative estimate of drug-likeness (QED) is 0.662. The number of benzene rings is 1. The summed E-state index contributed by atoms with van der Waals surface area (Å²) >= 11 is 0.923. The van der Waals surface area contributed by atoms with Crippen LogP contribution in [0.2, 0.25) is 0 Å². The zero-order valence-electron chi connectivity index (χ0n) is 13.9. The van der Waals surface area contributed by atoms with Gasteiger partial charge in [-0.2, -0.15) is 5.26 Å². The van der Waals surface area contributed by atoms with E-state index in [-0.39, 0.29) is 16.4 Å². The monoisotopic (exact) mass is 332 g/mol. The third kappa shape index (κ3) is 3.74. The van der Waals surface area contributed by atoms with Crippen LogP contribution in [0.1, 0.15) is 51.7 Å². The van der Waals surface area contributed by atoms with E-state index >= 15 is 0 Å². The van der Waals surface area contributed by atoms with Gasteiger partial charge in [0.15, 0.2) is 11.4 Å². The van der Waals surface area contributed by atoms with Gasteiger partial charge in [0.05, 0.1) is 11.6 Å². The van der Waals surface area contributed by atoms with Gasteiger partial charge >= 0.3 is 0 Å². The highest BCUT2D eigenvalue weighted by atomic mass is 32.2. The summed E-state index contributed by atoms with van der Waals surface area (Å²) in [6, 6.07) is 6.85. The Morgan fingerprint density at radius 1 is 1.39 bits per heavy atom. The Bertz CT molecular complexity index is 699. The summed E-state index contributed by atoms with van der Waals surface area (Å²) in [6.45, 7) is 9.11. The van der Waals surface area contributed by atoms with E-state index in [9.17, 15) is 9.59 Å². The molecule has 0 saturated heterocycles. The molecule has 5 nitrogen and oxygen atoms in total. The number of hydrogen-bond donors (Lipinski definition) is 1. The number of nitriles is 1. The molecule has 0 radical (unpaired) electrons. The van der Waals surface area contributed by atoms with E-state index in [0.717, 1.165) is 11.9 Å². The van der Waals surface area contributed by atoms with Gasteiger partial charge in [0.25, 0.3) is 0 Å². The van der Waals surface area contributed by atoms with Gasteiger partial charge in [-0.3, -0.25) is 14.3 Å². The fraction of sp³-hybridized carbons (Fsp3) is 0.471. The predicted molar refractivity (Wildman–Crippen MR) is 89.1 cm³/mol. The van der Waals surface area contributed by atoms with Gasteiger partial charge in [-0.05, 0) is 64.8 Å². The van der Waals surface area contributed by atoms with Crippen LogP contribution < -0.4 is 9.46 Å². The number of ketones is 1. The number of carbonyl (C=O) groups is 2. The first-order valence-electron chi connectivity index (χ1n) is 7.30. The maximum atomic E-state index is 12.7. The highest BCUT2D eigenvalue weighted by Crippen LogP contribution is 2.40. The topological polar surface area (TPSA) is 79.2 Å². The minimum Gasteiger partial charge on any atom is -0.480 e. The van der Waals surface area contributed by atoms with E-state index in [0.29, 0.717) is 16.9 Å². The Morgan fingerprint density at radius 3 is 2.61 bits per heavy atom. The summed E-state index contributed by atoms with van der Waals surface area (Å²) in [7, 11) is 0. The minimum absolute atomic E-state index is 0.263. The van der Waals surface area contributed by atoms with Crippen LogP contribution in [0.5, 0.6) is 5.75 Å². The Morgan fingerprint density at radius 2 is 2.04 bits per heavy atom. The largest absolute Gasteiger partial charge is 0.480 e. The average molecular weight is 332 g/mol. The van der Waals surface area contributed by atoms with Gasteiger partial charge in [-0.1, -0.05) is 0 Å². The molecule has 122 valence electrons. The zero-order chi connectivity index (χ0) is 17.4. The number of fused-ring (bicyclic) bond motifs is 1. The average Bonchev–Trinajstić information content (AvgIpc) is 2.45. The van der Waals surface area contributed by atoms with Gasteiger partial charge in [0.1, 0.15) is 11.7 Å². The van der Waals surface area contributed by atoms with E-state index < -0.39 is 11.5 Å². The summed E-state index contributed by atoms with van der Waals surface area (Å²) in [4.78, 5) is 25.4.